The number of halogens is 3. The minimum absolute atomic E-state index is 0.104. The van der Waals surface area contributed by atoms with Crippen LogP contribution in [0.15, 0.2) is 40.9 Å². The van der Waals surface area contributed by atoms with Crippen LogP contribution in [0.3, 0.4) is 0 Å². The lowest BCUT2D eigenvalue weighted by Crippen LogP contribution is -2.02. The minimum Gasteiger partial charge on any atom is -0.289 e. The maximum absolute atomic E-state index is 12.3. The molecular formula is C14H9BrCl2O. The van der Waals surface area contributed by atoms with Crippen molar-refractivity contribution in [3.63, 3.8) is 0 Å². The van der Waals surface area contributed by atoms with Gasteiger partial charge < -0.3 is 0 Å². The Labute approximate surface area is 124 Å². The van der Waals surface area contributed by atoms with E-state index in [9.17, 15) is 4.79 Å². The fourth-order valence-corrected chi connectivity index (χ4v) is 2.36. The van der Waals surface area contributed by atoms with Crippen LogP contribution in [0.25, 0.3) is 0 Å². The molecule has 0 saturated carbocycles. The first-order valence-electron chi connectivity index (χ1n) is 5.25. The third-order valence-corrected chi connectivity index (χ3v) is 4.03. The predicted molar refractivity (Wildman–Crippen MR) is 78.8 cm³/mol. The van der Waals surface area contributed by atoms with Gasteiger partial charge in [-0.1, -0.05) is 39.1 Å². The lowest BCUT2D eigenvalue weighted by molar-refractivity contribution is 0.103. The van der Waals surface area contributed by atoms with Crippen molar-refractivity contribution in [2.45, 2.75) is 6.92 Å². The van der Waals surface area contributed by atoms with Gasteiger partial charge in [0.05, 0.1) is 5.02 Å². The summed E-state index contributed by atoms with van der Waals surface area (Å²) >= 11 is 15.2. The van der Waals surface area contributed by atoms with E-state index in [0.717, 1.165) is 10.0 Å². The summed E-state index contributed by atoms with van der Waals surface area (Å²) in [4.78, 5) is 12.3. The second-order valence-corrected chi connectivity index (χ2v) is 5.62. The fraction of sp³-hybridized carbons (Fsp3) is 0.0714. The van der Waals surface area contributed by atoms with Gasteiger partial charge in [-0.25, -0.2) is 0 Å². The summed E-state index contributed by atoms with van der Waals surface area (Å²) in [5, 5.41) is 0.886. The average molecular weight is 344 g/mol. The number of carbonyl (C=O) groups is 1. The van der Waals surface area contributed by atoms with E-state index in [4.69, 9.17) is 23.2 Å². The summed E-state index contributed by atoms with van der Waals surface area (Å²) in [5.74, 6) is -0.104. The monoisotopic (exact) mass is 342 g/mol. The van der Waals surface area contributed by atoms with Gasteiger partial charge in [0, 0.05) is 20.6 Å². The fourth-order valence-electron chi connectivity index (χ4n) is 1.62. The van der Waals surface area contributed by atoms with Crippen LogP contribution in [0.5, 0.6) is 0 Å². The largest absolute Gasteiger partial charge is 0.289 e. The Balaban J connectivity index is 2.44. The molecule has 0 aliphatic rings. The van der Waals surface area contributed by atoms with Gasteiger partial charge in [0.15, 0.2) is 5.78 Å². The van der Waals surface area contributed by atoms with Gasteiger partial charge in [-0.2, -0.15) is 0 Å². The Morgan fingerprint density at radius 3 is 2.44 bits per heavy atom. The third-order valence-electron chi connectivity index (χ3n) is 2.60. The number of hydrogen-bond acceptors (Lipinski definition) is 1. The molecule has 92 valence electrons. The number of carbonyl (C=O) groups excluding carboxylic acids is 1. The molecule has 0 fully saturated rings. The molecule has 1 nitrogen and oxygen atoms in total. The van der Waals surface area contributed by atoms with Gasteiger partial charge >= 0.3 is 0 Å². The quantitative estimate of drug-likeness (QED) is 0.676. The van der Waals surface area contributed by atoms with E-state index < -0.39 is 0 Å². The molecule has 2 rings (SSSR count). The van der Waals surface area contributed by atoms with Crippen LogP contribution in [-0.4, -0.2) is 5.78 Å². The zero-order chi connectivity index (χ0) is 13.3. The molecule has 0 spiro atoms. The van der Waals surface area contributed by atoms with E-state index in [1.165, 1.54) is 0 Å². The molecule has 0 N–H and O–H groups in total. The maximum Gasteiger partial charge on any atom is 0.194 e. The first kappa shape index (κ1) is 13.6. The first-order valence-corrected chi connectivity index (χ1v) is 6.80. The number of rotatable bonds is 2. The van der Waals surface area contributed by atoms with Crippen molar-refractivity contribution < 1.29 is 4.79 Å². The summed E-state index contributed by atoms with van der Waals surface area (Å²) in [5.41, 5.74) is 2.08. The number of benzene rings is 2. The van der Waals surface area contributed by atoms with Crippen LogP contribution < -0.4 is 0 Å². The van der Waals surface area contributed by atoms with Crippen LogP contribution in [0.2, 0.25) is 10.0 Å². The van der Waals surface area contributed by atoms with Crippen LogP contribution in [0, 0.1) is 6.92 Å². The van der Waals surface area contributed by atoms with E-state index >= 15 is 0 Å². The van der Waals surface area contributed by atoms with Crippen molar-refractivity contribution in [2.24, 2.45) is 0 Å². The highest BCUT2D eigenvalue weighted by molar-refractivity contribution is 9.10. The topological polar surface area (TPSA) is 17.1 Å². The van der Waals surface area contributed by atoms with E-state index in [1.54, 1.807) is 24.3 Å². The standard InChI is InChI=1S/C14H9BrCl2O/c1-8-6-9(2-5-12(8)15)14(18)11-4-3-10(16)7-13(11)17/h2-7H,1H3. The van der Waals surface area contributed by atoms with Gasteiger partial charge in [-0.15, -0.1) is 0 Å². The van der Waals surface area contributed by atoms with Gasteiger partial charge in [-0.3, -0.25) is 4.79 Å². The van der Waals surface area contributed by atoms with Crippen LogP contribution in [-0.2, 0) is 0 Å². The van der Waals surface area contributed by atoms with Crippen molar-refractivity contribution in [1.29, 1.82) is 0 Å². The number of aryl methyl sites for hydroxylation is 1. The molecule has 0 radical (unpaired) electrons. The van der Waals surface area contributed by atoms with Crippen molar-refractivity contribution >= 4 is 44.9 Å². The van der Waals surface area contributed by atoms with Crippen molar-refractivity contribution in [3.8, 4) is 0 Å². The zero-order valence-corrected chi connectivity index (χ0v) is 12.6. The van der Waals surface area contributed by atoms with Gasteiger partial charge in [0.25, 0.3) is 0 Å². The van der Waals surface area contributed by atoms with E-state index in [0.29, 0.717) is 21.2 Å². The van der Waals surface area contributed by atoms with Gasteiger partial charge in [0.1, 0.15) is 0 Å². The Hall–Kier alpha value is -0.830. The second-order valence-electron chi connectivity index (χ2n) is 3.92. The summed E-state index contributed by atoms with van der Waals surface area (Å²) in [6, 6.07) is 10.3. The lowest BCUT2D eigenvalue weighted by Gasteiger charge is -2.06. The average Bonchev–Trinajstić information content (AvgIpc) is 2.32. The highest BCUT2D eigenvalue weighted by Crippen LogP contribution is 2.25. The van der Waals surface area contributed by atoms with E-state index in [-0.39, 0.29) is 5.78 Å². The normalized spacial score (nSPS) is 10.4. The number of ketones is 1. The van der Waals surface area contributed by atoms with E-state index in [1.807, 2.05) is 19.1 Å². The molecule has 18 heavy (non-hydrogen) atoms. The molecule has 0 heterocycles. The Morgan fingerprint density at radius 2 is 1.83 bits per heavy atom. The second kappa shape index (κ2) is 5.43. The van der Waals surface area contributed by atoms with Crippen LogP contribution in [0.4, 0.5) is 0 Å². The van der Waals surface area contributed by atoms with Crippen LogP contribution in [0.1, 0.15) is 21.5 Å². The van der Waals surface area contributed by atoms with Crippen molar-refractivity contribution in [2.75, 3.05) is 0 Å². The molecule has 4 heteroatoms. The van der Waals surface area contributed by atoms with Gasteiger partial charge in [-0.05, 0) is 48.9 Å². The SMILES string of the molecule is Cc1cc(C(=O)c2ccc(Cl)cc2Cl)ccc1Br. The summed E-state index contributed by atoms with van der Waals surface area (Å²) in [6.07, 6.45) is 0. The minimum atomic E-state index is -0.104. The molecule has 2 aromatic carbocycles. The number of hydrogen-bond donors (Lipinski definition) is 0. The highest BCUT2D eigenvalue weighted by Gasteiger charge is 2.13. The molecule has 0 atom stereocenters. The molecule has 2 aromatic rings. The maximum atomic E-state index is 12.3. The predicted octanol–water partition coefficient (Wildman–Crippen LogP) is 5.30. The third kappa shape index (κ3) is 2.77. The molecule has 0 aliphatic carbocycles. The summed E-state index contributed by atoms with van der Waals surface area (Å²) < 4.78 is 0.973. The Kier molecular flexibility index (Phi) is 4.10. The lowest BCUT2D eigenvalue weighted by atomic mass is 10.0. The molecular weight excluding hydrogens is 335 g/mol. The van der Waals surface area contributed by atoms with Crippen molar-refractivity contribution in [1.82, 2.24) is 0 Å². The summed E-state index contributed by atoms with van der Waals surface area (Å²) in [7, 11) is 0. The molecule has 0 unspecified atom stereocenters. The first-order chi connectivity index (χ1) is 8.49. The molecule has 0 aromatic heterocycles. The van der Waals surface area contributed by atoms with Crippen molar-refractivity contribution in [3.05, 3.63) is 67.6 Å². The molecule has 0 bridgehead atoms. The zero-order valence-electron chi connectivity index (χ0n) is 9.51. The highest BCUT2D eigenvalue weighted by atomic mass is 79.9. The van der Waals surface area contributed by atoms with Gasteiger partial charge in [0.2, 0.25) is 0 Å². The molecule has 0 saturated heterocycles. The molecule has 0 amide bonds. The Morgan fingerprint density at radius 1 is 1.11 bits per heavy atom. The molecule has 0 aliphatic heterocycles. The summed E-state index contributed by atoms with van der Waals surface area (Å²) in [6.45, 7) is 1.93. The van der Waals surface area contributed by atoms with E-state index in [2.05, 4.69) is 15.9 Å². The Bertz CT molecular complexity index is 623. The smallest absolute Gasteiger partial charge is 0.194 e. The van der Waals surface area contributed by atoms with Crippen LogP contribution >= 0.6 is 39.1 Å².